The highest BCUT2D eigenvalue weighted by Gasteiger charge is 2.36. The summed E-state index contributed by atoms with van der Waals surface area (Å²) in [5.41, 5.74) is 0.852. The topological polar surface area (TPSA) is 91.3 Å². The number of likely N-dealkylation sites (tertiary alicyclic amines) is 1. The Morgan fingerprint density at radius 3 is 3.11 bits per heavy atom. The van der Waals surface area contributed by atoms with Gasteiger partial charge in [0.05, 0.1) is 24.9 Å². The number of rotatable bonds is 7. The van der Waals surface area contributed by atoms with Gasteiger partial charge < -0.3 is 14.7 Å². The molecule has 1 fully saturated rings. The molecule has 1 saturated heterocycles. The van der Waals surface area contributed by atoms with Gasteiger partial charge in [-0.3, -0.25) is 4.79 Å². The molecule has 2 rings (SSSR count). The van der Waals surface area contributed by atoms with Gasteiger partial charge in [0.15, 0.2) is 0 Å². The first-order chi connectivity index (χ1) is 9.20. The van der Waals surface area contributed by atoms with Gasteiger partial charge in [0.2, 0.25) is 0 Å². The lowest BCUT2D eigenvalue weighted by molar-refractivity contribution is -0.138. The third kappa shape index (κ3) is 3.74. The predicted molar refractivity (Wildman–Crippen MR) is 67.8 cm³/mol. The molecular weight excluding hydrogens is 248 g/mol. The molecule has 0 radical (unpaired) electrons. The second kappa shape index (κ2) is 6.63. The molecule has 1 aromatic heterocycles. The molecule has 0 saturated carbocycles. The number of carbonyl (C=O) groups is 1. The SMILES string of the molecule is CCOCCN1C[C@H](CC(=O)O)[C@H](c2cn[nH]n2)C1. The third-order valence-corrected chi connectivity index (χ3v) is 3.52. The summed E-state index contributed by atoms with van der Waals surface area (Å²) in [5, 5.41) is 19.5. The van der Waals surface area contributed by atoms with Gasteiger partial charge in [-0.05, 0) is 12.8 Å². The van der Waals surface area contributed by atoms with Crippen LogP contribution in [0.1, 0.15) is 25.0 Å². The molecule has 0 unspecified atom stereocenters. The van der Waals surface area contributed by atoms with Crippen LogP contribution < -0.4 is 0 Å². The lowest BCUT2D eigenvalue weighted by atomic mass is 9.91. The van der Waals surface area contributed by atoms with E-state index in [1.165, 1.54) is 0 Å². The molecule has 1 aliphatic heterocycles. The zero-order valence-corrected chi connectivity index (χ0v) is 11.1. The van der Waals surface area contributed by atoms with E-state index in [0.29, 0.717) is 13.2 Å². The Morgan fingerprint density at radius 1 is 1.63 bits per heavy atom. The monoisotopic (exact) mass is 268 g/mol. The van der Waals surface area contributed by atoms with Gasteiger partial charge in [-0.25, -0.2) is 0 Å². The van der Waals surface area contributed by atoms with Crippen molar-refractivity contribution in [3.8, 4) is 0 Å². The van der Waals surface area contributed by atoms with Crippen LogP contribution in [0, 0.1) is 5.92 Å². The van der Waals surface area contributed by atoms with Crippen LogP contribution in [-0.4, -0.2) is 64.2 Å². The molecule has 0 amide bonds. The van der Waals surface area contributed by atoms with Crippen molar-refractivity contribution in [2.24, 2.45) is 5.92 Å². The van der Waals surface area contributed by atoms with Crippen LogP contribution >= 0.6 is 0 Å². The molecule has 19 heavy (non-hydrogen) atoms. The second-order valence-electron chi connectivity index (χ2n) is 4.82. The smallest absolute Gasteiger partial charge is 0.303 e. The minimum atomic E-state index is -0.759. The van der Waals surface area contributed by atoms with Crippen molar-refractivity contribution in [1.29, 1.82) is 0 Å². The number of nitrogens with zero attached hydrogens (tertiary/aromatic N) is 3. The van der Waals surface area contributed by atoms with Crippen LogP contribution in [0.15, 0.2) is 6.20 Å². The molecule has 0 bridgehead atoms. The van der Waals surface area contributed by atoms with E-state index in [4.69, 9.17) is 9.84 Å². The van der Waals surface area contributed by atoms with Gasteiger partial charge in [-0.1, -0.05) is 0 Å². The fraction of sp³-hybridized carbons (Fsp3) is 0.750. The molecule has 0 aromatic carbocycles. The Bertz CT molecular complexity index is 396. The quantitative estimate of drug-likeness (QED) is 0.692. The van der Waals surface area contributed by atoms with Gasteiger partial charge in [0, 0.05) is 32.2 Å². The molecule has 0 aliphatic carbocycles. The predicted octanol–water partition coefficient (Wildman–Crippen LogP) is 0.331. The van der Waals surface area contributed by atoms with Gasteiger partial charge in [-0.2, -0.15) is 15.4 Å². The number of ether oxygens (including phenoxy) is 1. The molecule has 2 atom stereocenters. The Kier molecular flexibility index (Phi) is 4.86. The summed E-state index contributed by atoms with van der Waals surface area (Å²) in [6, 6.07) is 0. The first-order valence-corrected chi connectivity index (χ1v) is 6.58. The summed E-state index contributed by atoms with van der Waals surface area (Å²) in [4.78, 5) is 13.2. The van der Waals surface area contributed by atoms with E-state index in [9.17, 15) is 4.79 Å². The van der Waals surface area contributed by atoms with Crippen molar-refractivity contribution >= 4 is 5.97 Å². The number of hydrogen-bond donors (Lipinski definition) is 2. The van der Waals surface area contributed by atoms with Crippen LogP contribution in [0.4, 0.5) is 0 Å². The highest BCUT2D eigenvalue weighted by atomic mass is 16.5. The number of aromatic nitrogens is 3. The number of carboxylic acid groups (broad SMARTS) is 1. The highest BCUT2D eigenvalue weighted by Crippen LogP contribution is 2.33. The van der Waals surface area contributed by atoms with Crippen LogP contribution in [0.2, 0.25) is 0 Å². The van der Waals surface area contributed by atoms with Crippen LogP contribution in [0.3, 0.4) is 0 Å². The number of aromatic amines is 1. The molecule has 7 nitrogen and oxygen atoms in total. The number of nitrogens with one attached hydrogen (secondary N) is 1. The number of H-pyrrole nitrogens is 1. The van der Waals surface area contributed by atoms with Crippen molar-refractivity contribution in [2.75, 3.05) is 32.8 Å². The Balaban J connectivity index is 1.96. The van der Waals surface area contributed by atoms with E-state index < -0.39 is 5.97 Å². The fourth-order valence-corrected chi connectivity index (χ4v) is 2.64. The van der Waals surface area contributed by atoms with Gasteiger partial charge in [0.1, 0.15) is 0 Å². The average Bonchev–Trinajstić information content (AvgIpc) is 2.98. The minimum Gasteiger partial charge on any atom is -0.481 e. The fourth-order valence-electron chi connectivity index (χ4n) is 2.64. The Hall–Kier alpha value is -1.47. The lowest BCUT2D eigenvalue weighted by Crippen LogP contribution is -2.25. The molecular formula is C12H20N4O3. The number of hydrogen-bond acceptors (Lipinski definition) is 5. The van der Waals surface area contributed by atoms with E-state index in [0.717, 1.165) is 25.3 Å². The number of aliphatic carboxylic acids is 1. The largest absolute Gasteiger partial charge is 0.481 e. The summed E-state index contributed by atoms with van der Waals surface area (Å²) in [5.74, 6) is -0.536. The standard InChI is InChI=1S/C12H20N4O3/c1-2-19-4-3-16-7-9(5-12(17)18)10(8-16)11-6-13-15-14-11/h6,9-10H,2-5,7-8H2,1H3,(H,17,18)(H,13,14,15)/t9-,10+/m0/s1. The third-order valence-electron chi connectivity index (χ3n) is 3.52. The van der Waals surface area contributed by atoms with Crippen LogP contribution in [0.5, 0.6) is 0 Å². The summed E-state index contributed by atoms with van der Waals surface area (Å²) >= 11 is 0. The summed E-state index contributed by atoms with van der Waals surface area (Å²) in [6.45, 7) is 5.78. The maximum atomic E-state index is 11.0. The van der Waals surface area contributed by atoms with Crippen molar-refractivity contribution in [3.05, 3.63) is 11.9 Å². The molecule has 0 spiro atoms. The van der Waals surface area contributed by atoms with Crippen LogP contribution in [-0.2, 0) is 9.53 Å². The van der Waals surface area contributed by atoms with Crippen molar-refractivity contribution < 1.29 is 14.6 Å². The van der Waals surface area contributed by atoms with Gasteiger partial charge in [0.25, 0.3) is 0 Å². The average molecular weight is 268 g/mol. The van der Waals surface area contributed by atoms with E-state index >= 15 is 0 Å². The summed E-state index contributed by atoms with van der Waals surface area (Å²) in [6.07, 6.45) is 1.86. The lowest BCUT2D eigenvalue weighted by Gasteiger charge is -2.14. The second-order valence-corrected chi connectivity index (χ2v) is 4.82. The Morgan fingerprint density at radius 2 is 2.47 bits per heavy atom. The van der Waals surface area contributed by atoms with Crippen molar-refractivity contribution in [1.82, 2.24) is 20.3 Å². The maximum absolute atomic E-state index is 11.0. The summed E-state index contributed by atoms with van der Waals surface area (Å²) in [7, 11) is 0. The van der Waals surface area contributed by atoms with E-state index in [-0.39, 0.29) is 18.3 Å². The van der Waals surface area contributed by atoms with E-state index in [1.807, 2.05) is 6.92 Å². The molecule has 7 heteroatoms. The maximum Gasteiger partial charge on any atom is 0.303 e. The molecule has 2 N–H and O–H groups in total. The molecule has 2 heterocycles. The Labute approximate surface area is 111 Å². The van der Waals surface area contributed by atoms with E-state index in [1.54, 1.807) is 6.20 Å². The van der Waals surface area contributed by atoms with Gasteiger partial charge >= 0.3 is 5.97 Å². The highest BCUT2D eigenvalue weighted by molar-refractivity contribution is 5.67. The first-order valence-electron chi connectivity index (χ1n) is 6.58. The zero-order valence-electron chi connectivity index (χ0n) is 11.1. The van der Waals surface area contributed by atoms with Gasteiger partial charge in [-0.15, -0.1) is 0 Å². The van der Waals surface area contributed by atoms with Crippen molar-refractivity contribution in [2.45, 2.75) is 19.3 Å². The molecule has 1 aromatic rings. The van der Waals surface area contributed by atoms with Crippen molar-refractivity contribution in [3.63, 3.8) is 0 Å². The van der Waals surface area contributed by atoms with Crippen LogP contribution in [0.25, 0.3) is 0 Å². The summed E-state index contributed by atoms with van der Waals surface area (Å²) < 4.78 is 5.35. The first kappa shape index (κ1) is 14.0. The zero-order chi connectivity index (χ0) is 13.7. The number of carboxylic acids is 1. The molecule has 1 aliphatic rings. The molecule has 106 valence electrons. The minimum absolute atomic E-state index is 0.0872. The normalized spacial score (nSPS) is 23.8. The van der Waals surface area contributed by atoms with E-state index in [2.05, 4.69) is 20.3 Å².